The summed E-state index contributed by atoms with van der Waals surface area (Å²) in [5, 5.41) is 0. The van der Waals surface area contributed by atoms with E-state index in [1.165, 1.54) is 18.5 Å². The molecule has 3 heterocycles. The van der Waals surface area contributed by atoms with E-state index < -0.39 is 5.82 Å². The average molecular weight is 511 g/mol. The molecule has 0 radical (unpaired) electrons. The Morgan fingerprint density at radius 1 is 1.11 bits per heavy atom. The second-order valence-corrected chi connectivity index (χ2v) is 8.96. The number of ether oxygens (including phenoxy) is 4. The molecule has 0 bridgehead atoms. The van der Waals surface area contributed by atoms with Gasteiger partial charge in [0.2, 0.25) is 11.8 Å². The largest absolute Gasteiger partial charge is 0.493 e. The summed E-state index contributed by atoms with van der Waals surface area (Å²) in [7, 11) is 0. The molecule has 37 heavy (non-hydrogen) atoms. The zero-order valence-corrected chi connectivity index (χ0v) is 21.2. The Balaban J connectivity index is 1.32. The minimum atomic E-state index is -0.573. The van der Waals surface area contributed by atoms with Crippen LogP contribution in [0.25, 0.3) is 0 Å². The highest BCUT2D eigenvalue weighted by Gasteiger charge is 2.26. The molecule has 0 aliphatic carbocycles. The van der Waals surface area contributed by atoms with E-state index in [0.29, 0.717) is 56.2 Å². The minimum Gasteiger partial charge on any atom is -0.493 e. The molecule has 1 saturated heterocycles. The van der Waals surface area contributed by atoms with Gasteiger partial charge in [-0.05, 0) is 45.0 Å². The van der Waals surface area contributed by atoms with Crippen LogP contribution >= 0.6 is 0 Å². The van der Waals surface area contributed by atoms with Crippen LogP contribution in [-0.2, 0) is 11.2 Å². The van der Waals surface area contributed by atoms with Crippen molar-refractivity contribution in [1.29, 1.82) is 0 Å². The zero-order chi connectivity index (χ0) is 26.2. The van der Waals surface area contributed by atoms with E-state index in [9.17, 15) is 9.18 Å². The summed E-state index contributed by atoms with van der Waals surface area (Å²) in [4.78, 5) is 26.4. The fraction of sp³-hybridized carbons (Fsp3) is 0.407. The summed E-state index contributed by atoms with van der Waals surface area (Å²) >= 11 is 0. The first kappa shape index (κ1) is 26.1. The molecule has 4 rings (SSSR count). The number of carbonyl (C=O) groups excluding carboxylic acids is 1. The van der Waals surface area contributed by atoms with Gasteiger partial charge in [0.15, 0.2) is 11.6 Å². The second kappa shape index (κ2) is 12.3. The van der Waals surface area contributed by atoms with Gasteiger partial charge in [-0.2, -0.15) is 0 Å². The molecule has 1 fully saturated rings. The predicted octanol–water partition coefficient (Wildman–Crippen LogP) is 5.12. The molecular weight excluding hydrogens is 479 g/mol. The maximum absolute atomic E-state index is 14.7. The van der Waals surface area contributed by atoms with Crippen molar-refractivity contribution in [2.75, 3.05) is 19.7 Å². The van der Waals surface area contributed by atoms with Gasteiger partial charge in [0.05, 0.1) is 18.3 Å². The van der Waals surface area contributed by atoms with Gasteiger partial charge in [0.25, 0.3) is 0 Å². The first-order valence-corrected chi connectivity index (χ1v) is 12.3. The summed E-state index contributed by atoms with van der Waals surface area (Å²) < 4.78 is 37.5. The van der Waals surface area contributed by atoms with Gasteiger partial charge in [-0.1, -0.05) is 6.07 Å². The van der Waals surface area contributed by atoms with E-state index >= 15 is 0 Å². The first-order chi connectivity index (χ1) is 17.9. The van der Waals surface area contributed by atoms with Gasteiger partial charge in [0.1, 0.15) is 18.2 Å². The van der Waals surface area contributed by atoms with E-state index in [1.807, 2.05) is 32.0 Å². The molecule has 3 aromatic rings. The number of rotatable bonds is 9. The highest BCUT2D eigenvalue weighted by molar-refractivity contribution is 5.67. The van der Waals surface area contributed by atoms with Gasteiger partial charge >= 0.3 is 6.09 Å². The molecule has 2 aromatic heterocycles. The summed E-state index contributed by atoms with van der Waals surface area (Å²) in [6.45, 7) is 6.85. The Hall–Kier alpha value is -3.95. The van der Waals surface area contributed by atoms with E-state index in [2.05, 4.69) is 15.0 Å². The highest BCUT2D eigenvalue weighted by atomic mass is 19.1. The molecule has 1 amide bonds. The van der Waals surface area contributed by atoms with Gasteiger partial charge in [-0.3, -0.25) is 4.98 Å². The Bertz CT molecular complexity index is 1190. The smallest absolute Gasteiger partial charge is 0.410 e. The van der Waals surface area contributed by atoms with Crippen molar-refractivity contribution in [3.8, 4) is 23.3 Å². The number of halogens is 1. The molecule has 10 heteroatoms. The number of aromatic nitrogens is 3. The van der Waals surface area contributed by atoms with Crippen LogP contribution in [0.5, 0.6) is 23.3 Å². The number of carbonyl (C=O) groups is 1. The normalized spacial score (nSPS) is 13.9. The molecule has 1 aliphatic rings. The van der Waals surface area contributed by atoms with Crippen LogP contribution < -0.4 is 14.2 Å². The molecular formula is C27H31FN4O5. The molecule has 0 atom stereocenters. The summed E-state index contributed by atoms with van der Waals surface area (Å²) in [6, 6.07) is 10.1. The lowest BCUT2D eigenvalue weighted by Gasteiger charge is -2.31. The zero-order valence-electron chi connectivity index (χ0n) is 21.2. The van der Waals surface area contributed by atoms with Crippen LogP contribution in [0.4, 0.5) is 9.18 Å². The number of hydrogen-bond acceptors (Lipinski definition) is 8. The van der Waals surface area contributed by atoms with Crippen LogP contribution in [0.2, 0.25) is 0 Å². The van der Waals surface area contributed by atoms with Crippen molar-refractivity contribution in [2.45, 2.75) is 52.2 Å². The lowest BCUT2D eigenvalue weighted by Crippen LogP contribution is -2.42. The quantitative estimate of drug-likeness (QED) is 0.391. The molecule has 9 nitrogen and oxygen atoms in total. The Labute approximate surface area is 215 Å². The molecule has 0 N–H and O–H groups in total. The monoisotopic (exact) mass is 510 g/mol. The van der Waals surface area contributed by atoms with Gasteiger partial charge in [-0.25, -0.2) is 19.2 Å². The maximum atomic E-state index is 14.7. The first-order valence-electron chi connectivity index (χ1n) is 12.3. The van der Waals surface area contributed by atoms with E-state index in [1.54, 1.807) is 24.1 Å². The third kappa shape index (κ3) is 7.28. The number of likely N-dealkylation sites (tertiary alicyclic amines) is 1. The molecule has 0 saturated carbocycles. The molecule has 0 spiro atoms. The van der Waals surface area contributed by atoms with Crippen molar-refractivity contribution >= 4 is 6.09 Å². The van der Waals surface area contributed by atoms with Crippen molar-refractivity contribution in [3.63, 3.8) is 0 Å². The van der Waals surface area contributed by atoms with Gasteiger partial charge in [0, 0.05) is 50.3 Å². The highest BCUT2D eigenvalue weighted by Crippen LogP contribution is 2.31. The number of pyridine rings is 1. The van der Waals surface area contributed by atoms with E-state index in [-0.39, 0.29) is 29.9 Å². The number of piperidine rings is 1. The molecule has 196 valence electrons. The SMILES string of the molecule is Cc1c(Oc2ccc(OCCc3ccccn3)cc2F)ncnc1OC1CCN(C(=O)OC(C)C)CC1. The average Bonchev–Trinajstić information content (AvgIpc) is 2.88. The summed E-state index contributed by atoms with van der Waals surface area (Å²) in [5.74, 6) is 0.403. The third-order valence-electron chi connectivity index (χ3n) is 5.77. The number of nitrogens with zero attached hydrogens (tertiary/aromatic N) is 4. The van der Waals surface area contributed by atoms with Crippen LogP contribution in [-0.4, -0.2) is 57.8 Å². The Kier molecular flexibility index (Phi) is 8.71. The number of amides is 1. The number of benzene rings is 1. The van der Waals surface area contributed by atoms with Gasteiger partial charge in [-0.15, -0.1) is 0 Å². The van der Waals surface area contributed by atoms with E-state index in [0.717, 1.165) is 5.69 Å². The predicted molar refractivity (Wildman–Crippen MR) is 134 cm³/mol. The molecule has 1 aliphatic heterocycles. The minimum absolute atomic E-state index is 0.0156. The third-order valence-corrected chi connectivity index (χ3v) is 5.77. The summed E-state index contributed by atoms with van der Waals surface area (Å²) in [6.07, 6.45) is 4.35. The lowest BCUT2D eigenvalue weighted by molar-refractivity contribution is 0.0505. The van der Waals surface area contributed by atoms with Crippen LogP contribution in [0.15, 0.2) is 48.9 Å². The van der Waals surface area contributed by atoms with Crippen molar-refractivity contribution in [1.82, 2.24) is 19.9 Å². The molecule has 0 unspecified atom stereocenters. The molecule has 1 aromatic carbocycles. The Morgan fingerprint density at radius 2 is 1.89 bits per heavy atom. The van der Waals surface area contributed by atoms with E-state index in [4.69, 9.17) is 18.9 Å². The van der Waals surface area contributed by atoms with Crippen molar-refractivity contribution in [2.24, 2.45) is 0 Å². The number of hydrogen-bond donors (Lipinski definition) is 0. The maximum Gasteiger partial charge on any atom is 0.410 e. The topological polar surface area (TPSA) is 95.9 Å². The summed E-state index contributed by atoms with van der Waals surface area (Å²) in [5.41, 5.74) is 1.46. The second-order valence-electron chi connectivity index (χ2n) is 8.96. The van der Waals surface area contributed by atoms with Crippen LogP contribution in [0.3, 0.4) is 0 Å². The Morgan fingerprint density at radius 3 is 2.59 bits per heavy atom. The fourth-order valence-electron chi connectivity index (χ4n) is 3.81. The van der Waals surface area contributed by atoms with Crippen molar-refractivity contribution in [3.05, 3.63) is 66.0 Å². The van der Waals surface area contributed by atoms with Crippen LogP contribution in [0, 0.1) is 12.7 Å². The fourth-order valence-corrected chi connectivity index (χ4v) is 3.81. The standard InChI is InChI=1S/C27H31FN4O5/c1-18(2)35-27(33)32-13-9-21(10-14-32)36-25-19(3)26(31-17-30-25)37-24-8-7-22(16-23(24)28)34-15-11-20-6-4-5-12-29-20/h4-8,12,16-18,21H,9-11,13-15H2,1-3H3. The van der Waals surface area contributed by atoms with Gasteiger partial charge < -0.3 is 23.8 Å². The van der Waals surface area contributed by atoms with Crippen molar-refractivity contribution < 1.29 is 28.1 Å². The lowest BCUT2D eigenvalue weighted by atomic mass is 10.1. The van der Waals surface area contributed by atoms with Crippen LogP contribution in [0.1, 0.15) is 37.9 Å².